The lowest BCUT2D eigenvalue weighted by Gasteiger charge is -2.26. The van der Waals surface area contributed by atoms with E-state index >= 15 is 0 Å². The topological polar surface area (TPSA) is 55.8 Å². The van der Waals surface area contributed by atoms with E-state index in [-0.39, 0.29) is 6.42 Å². The zero-order valence-electron chi connectivity index (χ0n) is 11.3. The number of rotatable bonds is 7. The molecule has 0 unspecified atom stereocenters. The van der Waals surface area contributed by atoms with Crippen LogP contribution >= 0.6 is 0 Å². The number of aliphatic carboxylic acids is 1. The summed E-state index contributed by atoms with van der Waals surface area (Å²) in [5.41, 5.74) is 0. The second kappa shape index (κ2) is 6.87. The molecule has 2 rings (SSSR count). The molecular weight excluding hydrogens is 244 g/mol. The average Bonchev–Trinajstić information content (AvgIpc) is 2.95. The van der Waals surface area contributed by atoms with Gasteiger partial charge in [0.05, 0.1) is 25.2 Å². The van der Waals surface area contributed by atoms with Crippen LogP contribution in [0.25, 0.3) is 0 Å². The molecule has 0 radical (unpaired) electrons. The van der Waals surface area contributed by atoms with Gasteiger partial charge in [0.15, 0.2) is 0 Å². The molecule has 4 heteroatoms. The molecule has 0 aromatic rings. The Morgan fingerprint density at radius 2 is 1.95 bits per heavy atom. The van der Waals surface area contributed by atoms with E-state index in [0.717, 1.165) is 25.9 Å². The number of carbonyl (C=O) groups is 1. The van der Waals surface area contributed by atoms with Gasteiger partial charge in [0, 0.05) is 13.0 Å². The van der Waals surface area contributed by atoms with Crippen LogP contribution in [0.2, 0.25) is 0 Å². The van der Waals surface area contributed by atoms with Crippen molar-refractivity contribution in [2.24, 2.45) is 11.8 Å². The molecule has 4 nitrogen and oxygen atoms in total. The lowest BCUT2D eigenvalue weighted by Crippen LogP contribution is -2.30. The van der Waals surface area contributed by atoms with E-state index < -0.39 is 5.97 Å². The fourth-order valence-corrected chi connectivity index (χ4v) is 3.18. The van der Waals surface area contributed by atoms with E-state index in [2.05, 4.69) is 6.08 Å². The minimum atomic E-state index is -0.800. The molecule has 2 saturated heterocycles. The van der Waals surface area contributed by atoms with Crippen LogP contribution in [0.3, 0.4) is 0 Å². The van der Waals surface area contributed by atoms with Crippen molar-refractivity contribution in [1.29, 1.82) is 0 Å². The van der Waals surface area contributed by atoms with Gasteiger partial charge in [-0.2, -0.15) is 0 Å². The van der Waals surface area contributed by atoms with Crippen molar-refractivity contribution < 1.29 is 19.4 Å². The molecule has 19 heavy (non-hydrogen) atoms. The normalized spacial score (nSPS) is 33.7. The van der Waals surface area contributed by atoms with E-state index in [4.69, 9.17) is 14.6 Å². The predicted molar refractivity (Wildman–Crippen MR) is 71.9 cm³/mol. The van der Waals surface area contributed by atoms with Gasteiger partial charge in [-0.05, 0) is 25.2 Å². The Balaban J connectivity index is 1.79. The highest BCUT2D eigenvalue weighted by Crippen LogP contribution is 2.45. The first kappa shape index (κ1) is 14.3. The average molecular weight is 266 g/mol. The van der Waals surface area contributed by atoms with Crippen LogP contribution in [0.5, 0.6) is 0 Å². The van der Waals surface area contributed by atoms with Gasteiger partial charge >= 0.3 is 5.97 Å². The highest BCUT2D eigenvalue weighted by atomic mass is 16.5. The predicted octanol–water partition coefficient (Wildman–Crippen LogP) is 2.40. The van der Waals surface area contributed by atoms with Gasteiger partial charge in [-0.15, -0.1) is 0 Å². The lowest BCUT2D eigenvalue weighted by molar-refractivity contribution is -0.136. The highest BCUT2D eigenvalue weighted by molar-refractivity contribution is 5.68. The van der Waals surface area contributed by atoms with Crippen LogP contribution < -0.4 is 0 Å². The summed E-state index contributed by atoms with van der Waals surface area (Å²) < 4.78 is 11.2. The van der Waals surface area contributed by atoms with Crippen LogP contribution in [-0.2, 0) is 14.3 Å². The number of carboxylic acids is 1. The summed E-state index contributed by atoms with van der Waals surface area (Å²) in [6.07, 6.45) is 11.6. The van der Waals surface area contributed by atoms with E-state index in [1.165, 1.54) is 0 Å². The molecule has 2 aliphatic heterocycles. The molecule has 0 aliphatic carbocycles. The van der Waals surface area contributed by atoms with Crippen molar-refractivity contribution in [2.75, 3.05) is 13.7 Å². The summed E-state index contributed by atoms with van der Waals surface area (Å²) in [5.74, 6) is 0.255. The molecule has 4 atom stereocenters. The molecule has 0 spiro atoms. The van der Waals surface area contributed by atoms with Gasteiger partial charge in [-0.1, -0.05) is 24.3 Å². The Bertz CT molecular complexity index is 361. The largest absolute Gasteiger partial charge is 0.481 e. The van der Waals surface area contributed by atoms with E-state index in [1.807, 2.05) is 6.08 Å². The van der Waals surface area contributed by atoms with E-state index in [9.17, 15) is 4.79 Å². The fraction of sp³-hybridized carbons (Fsp3) is 0.667. The molecule has 1 N–H and O–H groups in total. The summed E-state index contributed by atoms with van der Waals surface area (Å²) in [4.78, 5) is 10.3. The second-order valence-corrected chi connectivity index (χ2v) is 5.26. The molecule has 0 aromatic carbocycles. The summed E-state index contributed by atoms with van der Waals surface area (Å²) >= 11 is 0. The molecule has 106 valence electrons. The lowest BCUT2D eigenvalue weighted by atomic mass is 9.78. The van der Waals surface area contributed by atoms with Crippen molar-refractivity contribution >= 4 is 5.97 Å². The number of fused-ring (bicyclic) bond motifs is 2. The van der Waals surface area contributed by atoms with E-state index in [1.54, 1.807) is 19.3 Å². The standard InChI is InChI=1S/C15H22O4/c1-18-10-12-11(13-8-9-14(12)19-13)6-4-2-3-5-7-15(16)17/h2-5,11-14H,6-10H2,1H3,(H,16,17)/b4-2-,5-3?/t11-,12+,13-,14+/m0/s1. The third-order valence-electron chi connectivity index (χ3n) is 4.03. The SMILES string of the molecule is COC[C@@H]1[C@H](C/C=C\C=CCC(=O)O)[C@@H]2CC[C@H]1O2. The second-order valence-electron chi connectivity index (χ2n) is 5.26. The highest BCUT2D eigenvalue weighted by Gasteiger charge is 2.47. The number of allylic oxidation sites excluding steroid dienone is 3. The summed E-state index contributed by atoms with van der Waals surface area (Å²) in [7, 11) is 1.74. The quantitative estimate of drug-likeness (QED) is 0.719. The maximum atomic E-state index is 10.3. The summed E-state index contributed by atoms with van der Waals surface area (Å²) in [6, 6.07) is 0. The molecule has 0 amide bonds. The molecule has 2 fully saturated rings. The number of carboxylic acid groups (broad SMARTS) is 1. The summed E-state index contributed by atoms with van der Waals surface area (Å²) in [5, 5.41) is 8.50. The minimum Gasteiger partial charge on any atom is -0.481 e. The van der Waals surface area contributed by atoms with Crippen LogP contribution in [0.4, 0.5) is 0 Å². The Morgan fingerprint density at radius 1 is 1.26 bits per heavy atom. The fourth-order valence-electron chi connectivity index (χ4n) is 3.18. The molecule has 0 saturated carbocycles. The van der Waals surface area contributed by atoms with Gasteiger partial charge in [-0.25, -0.2) is 0 Å². The zero-order chi connectivity index (χ0) is 13.7. The van der Waals surface area contributed by atoms with Gasteiger partial charge in [0.25, 0.3) is 0 Å². The van der Waals surface area contributed by atoms with Gasteiger partial charge < -0.3 is 14.6 Å². The van der Waals surface area contributed by atoms with Crippen molar-refractivity contribution in [3.8, 4) is 0 Å². The Kier molecular flexibility index (Phi) is 5.16. The third-order valence-corrected chi connectivity index (χ3v) is 4.03. The monoisotopic (exact) mass is 266 g/mol. The summed E-state index contributed by atoms with van der Waals surface area (Å²) in [6.45, 7) is 0.772. The molecule has 2 heterocycles. The van der Waals surface area contributed by atoms with Crippen LogP contribution in [-0.4, -0.2) is 37.0 Å². The Labute approximate surface area is 114 Å². The zero-order valence-corrected chi connectivity index (χ0v) is 11.3. The van der Waals surface area contributed by atoms with Crippen molar-refractivity contribution in [2.45, 2.75) is 37.9 Å². The van der Waals surface area contributed by atoms with Crippen molar-refractivity contribution in [3.05, 3.63) is 24.3 Å². The van der Waals surface area contributed by atoms with Crippen LogP contribution in [0.15, 0.2) is 24.3 Å². The first-order valence-electron chi connectivity index (χ1n) is 6.90. The first-order valence-corrected chi connectivity index (χ1v) is 6.90. The van der Waals surface area contributed by atoms with Crippen LogP contribution in [0.1, 0.15) is 25.7 Å². The van der Waals surface area contributed by atoms with Crippen molar-refractivity contribution in [1.82, 2.24) is 0 Å². The number of methoxy groups -OCH3 is 1. The molecule has 2 aliphatic rings. The van der Waals surface area contributed by atoms with Gasteiger partial charge in [0.2, 0.25) is 0 Å². The molecule has 0 aromatic heterocycles. The smallest absolute Gasteiger partial charge is 0.307 e. The Morgan fingerprint density at radius 3 is 2.63 bits per heavy atom. The van der Waals surface area contributed by atoms with Crippen LogP contribution in [0, 0.1) is 11.8 Å². The molecule has 2 bridgehead atoms. The van der Waals surface area contributed by atoms with E-state index in [0.29, 0.717) is 24.0 Å². The maximum Gasteiger partial charge on any atom is 0.307 e. The molecular formula is C15H22O4. The first-order chi connectivity index (χ1) is 9.22. The van der Waals surface area contributed by atoms with Gasteiger partial charge in [-0.3, -0.25) is 4.79 Å². The number of ether oxygens (including phenoxy) is 2. The Hall–Kier alpha value is -1.13. The van der Waals surface area contributed by atoms with Crippen molar-refractivity contribution in [3.63, 3.8) is 0 Å². The maximum absolute atomic E-state index is 10.3. The minimum absolute atomic E-state index is 0.0773. The third kappa shape index (κ3) is 3.67. The van der Waals surface area contributed by atoms with Gasteiger partial charge in [0.1, 0.15) is 0 Å². The number of hydrogen-bond acceptors (Lipinski definition) is 3. The number of hydrogen-bond donors (Lipinski definition) is 1.